The van der Waals surface area contributed by atoms with Crippen LogP contribution in [-0.2, 0) is 21.2 Å². The van der Waals surface area contributed by atoms with Crippen molar-refractivity contribution in [1.29, 1.82) is 0 Å². The van der Waals surface area contributed by atoms with Crippen molar-refractivity contribution < 1.29 is 22.7 Å². The van der Waals surface area contributed by atoms with E-state index in [4.69, 9.17) is 9.47 Å². The van der Waals surface area contributed by atoms with E-state index in [-0.39, 0.29) is 17.6 Å². The summed E-state index contributed by atoms with van der Waals surface area (Å²) in [5, 5.41) is 0. The van der Waals surface area contributed by atoms with Gasteiger partial charge in [0.2, 0.25) is 0 Å². The lowest BCUT2D eigenvalue weighted by Gasteiger charge is -2.33. The van der Waals surface area contributed by atoms with Crippen LogP contribution < -0.4 is 4.74 Å². The number of carbonyl (C=O) groups is 1. The molecule has 3 rings (SSSR count). The fourth-order valence-electron chi connectivity index (χ4n) is 3.47. The molecule has 0 atom stereocenters. The Kier molecular flexibility index (Phi) is 7.50. The molecule has 1 aromatic carbocycles. The predicted molar refractivity (Wildman–Crippen MR) is 126 cm³/mol. The number of piperidine rings is 1. The Bertz CT molecular complexity index is 1060. The van der Waals surface area contributed by atoms with Crippen molar-refractivity contribution in [2.24, 2.45) is 0 Å². The molecule has 32 heavy (non-hydrogen) atoms. The lowest BCUT2D eigenvalue weighted by atomic mass is 9.90. The van der Waals surface area contributed by atoms with E-state index in [1.807, 2.05) is 33.0 Å². The van der Waals surface area contributed by atoms with Crippen molar-refractivity contribution >= 4 is 31.9 Å². The first kappa shape index (κ1) is 24.5. The zero-order valence-corrected chi connectivity index (χ0v) is 21.2. The van der Waals surface area contributed by atoms with Crippen LogP contribution in [0.1, 0.15) is 50.8 Å². The van der Waals surface area contributed by atoms with Gasteiger partial charge >= 0.3 is 6.09 Å². The molecule has 7 nitrogen and oxygen atoms in total. The number of nitrogens with zero attached hydrogens (tertiary/aromatic N) is 2. The van der Waals surface area contributed by atoms with Gasteiger partial charge in [-0.25, -0.2) is 13.2 Å². The zero-order chi connectivity index (χ0) is 23.5. The summed E-state index contributed by atoms with van der Waals surface area (Å²) in [7, 11) is -3.27. The van der Waals surface area contributed by atoms with E-state index in [2.05, 4.69) is 27.0 Å². The van der Waals surface area contributed by atoms with Gasteiger partial charge in [-0.3, -0.25) is 4.98 Å². The molecule has 1 aromatic heterocycles. The maximum atomic E-state index is 12.2. The van der Waals surface area contributed by atoms with Crippen LogP contribution in [0.5, 0.6) is 5.75 Å². The van der Waals surface area contributed by atoms with Crippen molar-refractivity contribution in [3.8, 4) is 5.75 Å². The average Bonchev–Trinajstić information content (AvgIpc) is 2.71. The summed E-state index contributed by atoms with van der Waals surface area (Å²) in [6.07, 6.45) is 4.53. The fourth-order valence-corrected chi connectivity index (χ4v) is 4.76. The Hall–Kier alpha value is -2.13. The maximum Gasteiger partial charge on any atom is 0.410 e. The highest BCUT2D eigenvalue weighted by atomic mass is 79.9. The highest BCUT2D eigenvalue weighted by Gasteiger charge is 2.27. The third-order valence-corrected chi connectivity index (χ3v) is 6.90. The molecule has 9 heteroatoms. The molecule has 0 spiro atoms. The monoisotopic (exact) mass is 524 g/mol. The van der Waals surface area contributed by atoms with Gasteiger partial charge in [0.15, 0.2) is 9.84 Å². The standard InChI is InChI=1S/C23H29BrN2O5S/c1-23(2,3)31-22(27)26-11-9-16(10-12-26)17-5-6-18(25-14-17)15-30-21-8-7-19(13-20(21)24)32(4,28)29/h5-8,13-14,16H,9-12,15H2,1-4H3. The van der Waals surface area contributed by atoms with Crippen molar-refractivity contribution in [2.45, 2.75) is 56.6 Å². The van der Waals surface area contributed by atoms with Gasteiger partial charge in [0.25, 0.3) is 0 Å². The molecule has 1 saturated heterocycles. The first-order valence-electron chi connectivity index (χ1n) is 10.5. The van der Waals surface area contributed by atoms with E-state index in [1.165, 1.54) is 18.4 Å². The number of sulfone groups is 1. The Balaban J connectivity index is 1.53. The summed E-state index contributed by atoms with van der Waals surface area (Å²) in [4.78, 5) is 18.7. The molecular formula is C23H29BrN2O5S. The normalized spacial score (nSPS) is 15.5. The van der Waals surface area contributed by atoms with E-state index in [0.29, 0.717) is 29.2 Å². The molecule has 0 N–H and O–H groups in total. The van der Waals surface area contributed by atoms with Crippen molar-refractivity contribution in [3.05, 3.63) is 52.3 Å². The summed E-state index contributed by atoms with van der Waals surface area (Å²) in [6, 6.07) is 8.68. The molecular weight excluding hydrogens is 496 g/mol. The van der Waals surface area contributed by atoms with Gasteiger partial charge in [0.05, 0.1) is 15.1 Å². The van der Waals surface area contributed by atoms with Crippen molar-refractivity contribution in [3.63, 3.8) is 0 Å². The summed E-state index contributed by atoms with van der Waals surface area (Å²) in [5.74, 6) is 0.909. The lowest BCUT2D eigenvalue weighted by molar-refractivity contribution is 0.0204. The zero-order valence-electron chi connectivity index (χ0n) is 18.8. The lowest BCUT2D eigenvalue weighted by Crippen LogP contribution is -2.41. The van der Waals surface area contributed by atoms with Gasteiger partial charge in [0.1, 0.15) is 18.0 Å². The molecule has 0 aliphatic carbocycles. The Morgan fingerprint density at radius 3 is 2.41 bits per heavy atom. The predicted octanol–water partition coefficient (Wildman–Crippen LogP) is 4.94. The van der Waals surface area contributed by atoms with Crippen LogP contribution in [0.15, 0.2) is 45.9 Å². The molecule has 1 aliphatic rings. The molecule has 1 amide bonds. The van der Waals surface area contributed by atoms with Crippen LogP contribution in [0, 0.1) is 0 Å². The van der Waals surface area contributed by atoms with Gasteiger partial charge in [-0.05, 0) is 85.3 Å². The largest absolute Gasteiger partial charge is 0.486 e. The number of halogens is 1. The third kappa shape index (κ3) is 6.68. The molecule has 0 saturated carbocycles. The first-order valence-corrected chi connectivity index (χ1v) is 13.2. The van der Waals surface area contributed by atoms with Gasteiger partial charge in [-0.1, -0.05) is 6.07 Å². The number of benzene rings is 1. The maximum absolute atomic E-state index is 12.2. The Morgan fingerprint density at radius 1 is 1.19 bits per heavy atom. The average molecular weight is 525 g/mol. The Labute approximate surface area is 198 Å². The van der Waals surface area contributed by atoms with Crippen molar-refractivity contribution in [2.75, 3.05) is 19.3 Å². The van der Waals surface area contributed by atoms with Crippen LogP contribution in [0.25, 0.3) is 0 Å². The second-order valence-corrected chi connectivity index (χ2v) is 11.8. The van der Waals surface area contributed by atoms with Crippen LogP contribution >= 0.6 is 15.9 Å². The Morgan fingerprint density at radius 2 is 1.88 bits per heavy atom. The van der Waals surface area contributed by atoms with Crippen LogP contribution in [0.2, 0.25) is 0 Å². The highest BCUT2D eigenvalue weighted by molar-refractivity contribution is 9.10. The van der Waals surface area contributed by atoms with Gasteiger partial charge in [-0.2, -0.15) is 0 Å². The number of carbonyl (C=O) groups excluding carboxylic acids is 1. The molecule has 1 fully saturated rings. The van der Waals surface area contributed by atoms with Gasteiger partial charge in [0, 0.05) is 25.5 Å². The summed E-state index contributed by atoms with van der Waals surface area (Å²) >= 11 is 3.36. The minimum atomic E-state index is -3.27. The van der Waals surface area contributed by atoms with Crippen molar-refractivity contribution in [1.82, 2.24) is 9.88 Å². The highest BCUT2D eigenvalue weighted by Crippen LogP contribution is 2.30. The van der Waals surface area contributed by atoms with E-state index >= 15 is 0 Å². The second kappa shape index (κ2) is 9.79. The van der Waals surface area contributed by atoms with Crippen LogP contribution in [0.3, 0.4) is 0 Å². The fraction of sp³-hybridized carbons (Fsp3) is 0.478. The smallest absolute Gasteiger partial charge is 0.410 e. The number of aromatic nitrogens is 1. The molecule has 1 aliphatic heterocycles. The quantitative estimate of drug-likeness (QED) is 0.550. The number of rotatable bonds is 5. The molecule has 0 bridgehead atoms. The van der Waals surface area contributed by atoms with E-state index < -0.39 is 15.4 Å². The number of hydrogen-bond donors (Lipinski definition) is 0. The first-order chi connectivity index (χ1) is 14.9. The van der Waals surface area contributed by atoms with E-state index in [1.54, 1.807) is 11.0 Å². The second-order valence-electron chi connectivity index (χ2n) is 8.98. The minimum Gasteiger partial charge on any atom is -0.486 e. The van der Waals surface area contributed by atoms with Crippen LogP contribution in [-0.4, -0.2) is 49.3 Å². The number of likely N-dealkylation sites (tertiary alicyclic amines) is 1. The summed E-state index contributed by atoms with van der Waals surface area (Å²) in [6.45, 7) is 7.23. The number of hydrogen-bond acceptors (Lipinski definition) is 6. The number of amides is 1. The van der Waals surface area contributed by atoms with E-state index in [9.17, 15) is 13.2 Å². The number of ether oxygens (including phenoxy) is 2. The SMILES string of the molecule is CC(C)(C)OC(=O)N1CCC(c2ccc(COc3ccc(S(C)(=O)=O)cc3Br)nc2)CC1. The number of pyridine rings is 1. The van der Waals surface area contributed by atoms with Crippen LogP contribution in [0.4, 0.5) is 4.79 Å². The van der Waals surface area contributed by atoms with Gasteiger partial charge in [-0.15, -0.1) is 0 Å². The van der Waals surface area contributed by atoms with Gasteiger partial charge < -0.3 is 14.4 Å². The topological polar surface area (TPSA) is 85.8 Å². The molecule has 2 aromatic rings. The third-order valence-electron chi connectivity index (χ3n) is 5.17. The summed E-state index contributed by atoms with van der Waals surface area (Å²) in [5.41, 5.74) is 1.44. The molecule has 2 heterocycles. The molecule has 0 unspecified atom stereocenters. The van der Waals surface area contributed by atoms with E-state index in [0.717, 1.165) is 24.1 Å². The molecule has 174 valence electrons. The minimum absolute atomic E-state index is 0.233. The summed E-state index contributed by atoms with van der Waals surface area (Å²) < 4.78 is 35.1. The molecule has 0 radical (unpaired) electrons.